The first-order valence-corrected chi connectivity index (χ1v) is 10.4. The quantitative estimate of drug-likeness (QED) is 0.683. The minimum absolute atomic E-state index is 0.0845. The average molecular weight is 407 g/mol. The molecule has 7 heteroatoms. The monoisotopic (exact) mass is 407 g/mol. The highest BCUT2D eigenvalue weighted by molar-refractivity contribution is 6.00. The van der Waals surface area contributed by atoms with Gasteiger partial charge in [-0.3, -0.25) is 9.59 Å². The predicted molar refractivity (Wildman–Crippen MR) is 112 cm³/mol. The second-order valence-corrected chi connectivity index (χ2v) is 8.10. The molecule has 0 radical (unpaired) electrons. The molecule has 2 heterocycles. The summed E-state index contributed by atoms with van der Waals surface area (Å²) in [7, 11) is 0. The van der Waals surface area contributed by atoms with Crippen LogP contribution in [-0.2, 0) is 14.3 Å². The summed E-state index contributed by atoms with van der Waals surface area (Å²) in [5, 5.41) is 9.40. The highest BCUT2D eigenvalue weighted by Crippen LogP contribution is 2.32. The zero-order chi connectivity index (χ0) is 20.5. The second-order valence-electron chi connectivity index (χ2n) is 8.10. The van der Waals surface area contributed by atoms with Gasteiger partial charge in [-0.15, -0.1) is 0 Å². The van der Waals surface area contributed by atoms with Gasteiger partial charge in [-0.05, 0) is 37.1 Å². The number of hydrogen-bond acceptors (Lipinski definition) is 5. The van der Waals surface area contributed by atoms with Crippen LogP contribution in [0.3, 0.4) is 0 Å². The van der Waals surface area contributed by atoms with Gasteiger partial charge in [-0.25, -0.2) is 0 Å². The Labute approximate surface area is 175 Å². The Morgan fingerprint density at radius 3 is 2.13 bits per heavy atom. The van der Waals surface area contributed by atoms with Crippen LogP contribution in [-0.4, -0.2) is 49.3 Å². The van der Waals surface area contributed by atoms with Crippen LogP contribution in [0.1, 0.15) is 23.2 Å². The highest BCUT2D eigenvalue weighted by atomic mass is 16.6. The number of nitrogens with one attached hydrogen (secondary N) is 3. The molecule has 2 aliphatic heterocycles. The first-order valence-electron chi connectivity index (χ1n) is 10.4. The third kappa shape index (κ3) is 3.91. The molecule has 0 aromatic heterocycles. The average Bonchev–Trinajstić information content (AvgIpc) is 3.44. The summed E-state index contributed by atoms with van der Waals surface area (Å²) in [5.74, 6) is 0.0492. The van der Waals surface area contributed by atoms with E-state index in [0.29, 0.717) is 18.8 Å². The van der Waals surface area contributed by atoms with Crippen molar-refractivity contribution < 1.29 is 19.1 Å². The zero-order valence-corrected chi connectivity index (χ0v) is 16.5. The van der Waals surface area contributed by atoms with E-state index in [9.17, 15) is 9.59 Å². The number of rotatable bonds is 6. The molecule has 0 spiro atoms. The molecule has 156 valence electrons. The standard InChI is InChI=1S/C23H25N3O4/c27-22(14-10-11-14)25-18-12-29-21-19(13-30-20(18)21)26-23(28)16-8-4-5-9-17(16)24-15-6-2-1-3-7-15/h1-9,14,18-21,24H,10-13H2,(H,25,27)(H,26,28). The van der Waals surface area contributed by atoms with Gasteiger partial charge in [0.15, 0.2) is 0 Å². The van der Waals surface area contributed by atoms with Gasteiger partial charge < -0.3 is 25.4 Å². The molecule has 2 amide bonds. The minimum Gasteiger partial charge on any atom is -0.371 e. The smallest absolute Gasteiger partial charge is 0.253 e. The summed E-state index contributed by atoms with van der Waals surface area (Å²) in [4.78, 5) is 25.1. The summed E-state index contributed by atoms with van der Waals surface area (Å²) in [5.41, 5.74) is 2.20. The normalized spacial score (nSPS) is 27.3. The van der Waals surface area contributed by atoms with Crippen LogP contribution >= 0.6 is 0 Å². The van der Waals surface area contributed by atoms with E-state index in [2.05, 4.69) is 16.0 Å². The van der Waals surface area contributed by atoms with Gasteiger partial charge in [0.25, 0.3) is 5.91 Å². The lowest BCUT2D eigenvalue weighted by atomic mass is 10.0. The van der Waals surface area contributed by atoms with Gasteiger partial charge in [0.2, 0.25) is 5.91 Å². The molecular formula is C23H25N3O4. The summed E-state index contributed by atoms with van der Waals surface area (Å²) in [6, 6.07) is 16.7. The molecule has 2 aromatic carbocycles. The van der Waals surface area contributed by atoms with E-state index in [-0.39, 0.29) is 42.0 Å². The molecule has 1 saturated carbocycles. The second kappa shape index (κ2) is 8.08. The Hall–Kier alpha value is -2.90. The van der Waals surface area contributed by atoms with E-state index < -0.39 is 0 Å². The number of amides is 2. The number of carbonyl (C=O) groups excluding carboxylic acids is 2. The minimum atomic E-state index is -0.257. The molecule has 4 unspecified atom stereocenters. The SMILES string of the molecule is O=C(NC1COC2C(NC(=O)C3CC3)COC12)c1ccccc1Nc1ccccc1. The zero-order valence-electron chi connectivity index (χ0n) is 16.5. The number of carbonyl (C=O) groups is 2. The number of hydrogen-bond donors (Lipinski definition) is 3. The first-order chi connectivity index (χ1) is 14.7. The van der Waals surface area contributed by atoms with Gasteiger partial charge in [0.05, 0.1) is 36.5 Å². The van der Waals surface area contributed by atoms with Crippen molar-refractivity contribution in [2.45, 2.75) is 37.1 Å². The third-order valence-electron chi connectivity index (χ3n) is 5.87. The summed E-state index contributed by atoms with van der Waals surface area (Å²) < 4.78 is 11.8. The number of ether oxygens (including phenoxy) is 2. The van der Waals surface area contributed by atoms with Crippen molar-refractivity contribution in [1.29, 1.82) is 0 Å². The van der Waals surface area contributed by atoms with E-state index in [1.54, 1.807) is 6.07 Å². The van der Waals surface area contributed by atoms with Crippen molar-refractivity contribution in [1.82, 2.24) is 10.6 Å². The molecule has 3 N–H and O–H groups in total. The van der Waals surface area contributed by atoms with Gasteiger partial charge >= 0.3 is 0 Å². The van der Waals surface area contributed by atoms with E-state index in [1.165, 1.54) is 0 Å². The van der Waals surface area contributed by atoms with Crippen molar-refractivity contribution >= 4 is 23.2 Å². The predicted octanol–water partition coefficient (Wildman–Crippen LogP) is 2.22. The largest absolute Gasteiger partial charge is 0.371 e. The molecule has 4 atom stereocenters. The van der Waals surface area contributed by atoms with Crippen molar-refractivity contribution in [2.24, 2.45) is 5.92 Å². The maximum atomic E-state index is 13.0. The van der Waals surface area contributed by atoms with E-state index in [1.807, 2.05) is 48.5 Å². The Kier molecular flexibility index (Phi) is 5.14. The Morgan fingerprint density at radius 1 is 0.800 bits per heavy atom. The van der Waals surface area contributed by atoms with Crippen LogP contribution < -0.4 is 16.0 Å². The van der Waals surface area contributed by atoms with E-state index >= 15 is 0 Å². The van der Waals surface area contributed by atoms with Gasteiger partial charge in [-0.1, -0.05) is 30.3 Å². The Balaban J connectivity index is 1.24. The molecule has 3 fully saturated rings. The van der Waals surface area contributed by atoms with Crippen LogP contribution in [0.5, 0.6) is 0 Å². The van der Waals surface area contributed by atoms with E-state index in [0.717, 1.165) is 24.2 Å². The maximum absolute atomic E-state index is 13.0. The molecule has 7 nitrogen and oxygen atoms in total. The summed E-state index contributed by atoms with van der Waals surface area (Å²) in [6.07, 6.45) is 1.44. The maximum Gasteiger partial charge on any atom is 0.253 e. The molecule has 1 aliphatic carbocycles. The summed E-state index contributed by atoms with van der Waals surface area (Å²) in [6.45, 7) is 0.775. The Morgan fingerprint density at radius 2 is 1.43 bits per heavy atom. The fourth-order valence-corrected chi connectivity index (χ4v) is 4.11. The molecule has 2 aromatic rings. The molecule has 3 aliphatic rings. The fraction of sp³-hybridized carbons (Fsp3) is 0.391. The number of fused-ring (bicyclic) bond motifs is 1. The molecule has 30 heavy (non-hydrogen) atoms. The third-order valence-corrected chi connectivity index (χ3v) is 5.87. The lowest BCUT2D eigenvalue weighted by Gasteiger charge is -2.19. The topological polar surface area (TPSA) is 88.7 Å². The van der Waals surface area contributed by atoms with Crippen LogP contribution in [0.4, 0.5) is 11.4 Å². The summed E-state index contributed by atoms with van der Waals surface area (Å²) >= 11 is 0. The van der Waals surface area contributed by atoms with Crippen LogP contribution in [0.25, 0.3) is 0 Å². The van der Waals surface area contributed by atoms with E-state index in [4.69, 9.17) is 9.47 Å². The number of para-hydroxylation sites is 2. The van der Waals surface area contributed by atoms with Crippen molar-refractivity contribution in [3.05, 3.63) is 60.2 Å². The lowest BCUT2D eigenvalue weighted by Crippen LogP contribution is -2.47. The van der Waals surface area contributed by atoms with Gasteiger partial charge in [-0.2, -0.15) is 0 Å². The first kappa shape index (κ1) is 19.1. The van der Waals surface area contributed by atoms with Crippen molar-refractivity contribution in [3.8, 4) is 0 Å². The molecular weight excluding hydrogens is 382 g/mol. The fourth-order valence-electron chi connectivity index (χ4n) is 4.11. The molecule has 5 rings (SSSR count). The number of anilines is 2. The van der Waals surface area contributed by atoms with Gasteiger partial charge in [0, 0.05) is 11.6 Å². The van der Waals surface area contributed by atoms with Crippen LogP contribution in [0, 0.1) is 5.92 Å². The molecule has 2 saturated heterocycles. The van der Waals surface area contributed by atoms with Crippen molar-refractivity contribution in [2.75, 3.05) is 18.5 Å². The lowest BCUT2D eigenvalue weighted by molar-refractivity contribution is -0.123. The highest BCUT2D eigenvalue weighted by Gasteiger charge is 2.49. The van der Waals surface area contributed by atoms with Crippen LogP contribution in [0.2, 0.25) is 0 Å². The number of benzene rings is 2. The van der Waals surface area contributed by atoms with Gasteiger partial charge in [0.1, 0.15) is 12.2 Å². The van der Waals surface area contributed by atoms with Crippen molar-refractivity contribution in [3.63, 3.8) is 0 Å². The molecule has 0 bridgehead atoms. The Bertz CT molecular complexity index is 931. The van der Waals surface area contributed by atoms with Crippen LogP contribution in [0.15, 0.2) is 54.6 Å².